The predicted molar refractivity (Wildman–Crippen MR) is 72.5 cm³/mol. The van der Waals surface area contributed by atoms with Gasteiger partial charge in [-0.15, -0.1) is 5.10 Å². The van der Waals surface area contributed by atoms with E-state index in [1.807, 2.05) is 0 Å². The second-order valence-corrected chi connectivity index (χ2v) is 5.06. The van der Waals surface area contributed by atoms with Crippen molar-refractivity contribution in [2.45, 2.75) is 33.0 Å². The minimum atomic E-state index is -0.401. The summed E-state index contributed by atoms with van der Waals surface area (Å²) in [7, 11) is 0. The maximum Gasteiger partial charge on any atom is 0.146 e. The Morgan fingerprint density at radius 3 is 2.95 bits per heavy atom. The van der Waals surface area contributed by atoms with Crippen molar-refractivity contribution in [1.82, 2.24) is 20.3 Å². The van der Waals surface area contributed by atoms with Crippen molar-refractivity contribution in [2.75, 3.05) is 0 Å². The smallest absolute Gasteiger partial charge is 0.146 e. The highest BCUT2D eigenvalue weighted by Gasteiger charge is 2.08. The van der Waals surface area contributed by atoms with Crippen LogP contribution >= 0.6 is 11.6 Å². The van der Waals surface area contributed by atoms with Gasteiger partial charge in [0.25, 0.3) is 0 Å². The highest BCUT2D eigenvalue weighted by molar-refractivity contribution is 6.30. The van der Waals surface area contributed by atoms with Gasteiger partial charge >= 0.3 is 0 Å². The van der Waals surface area contributed by atoms with Gasteiger partial charge in [0.15, 0.2) is 0 Å². The number of aromatic nitrogens is 3. The minimum Gasteiger partial charge on any atom is -0.309 e. The van der Waals surface area contributed by atoms with Crippen molar-refractivity contribution in [3.8, 4) is 0 Å². The quantitative estimate of drug-likeness (QED) is 0.917. The Morgan fingerprint density at radius 2 is 2.21 bits per heavy atom. The van der Waals surface area contributed by atoms with Gasteiger partial charge in [0.05, 0.1) is 23.5 Å². The molecule has 0 spiro atoms. The maximum absolute atomic E-state index is 13.7. The van der Waals surface area contributed by atoms with E-state index in [0.29, 0.717) is 24.7 Å². The molecule has 2 aromatic rings. The minimum absolute atomic E-state index is 0.124. The first-order valence-electron chi connectivity index (χ1n) is 6.11. The lowest BCUT2D eigenvalue weighted by atomic mass is 10.2. The van der Waals surface area contributed by atoms with Crippen molar-refractivity contribution in [3.63, 3.8) is 0 Å². The Bertz CT molecular complexity index is 553. The molecular weight excluding hydrogens is 267 g/mol. The molecule has 6 heteroatoms. The molecule has 0 aliphatic heterocycles. The fourth-order valence-electron chi connectivity index (χ4n) is 1.65. The number of benzene rings is 1. The number of hydrogen-bond acceptors (Lipinski definition) is 3. The van der Waals surface area contributed by atoms with E-state index in [1.54, 1.807) is 23.0 Å². The predicted octanol–water partition coefficient (Wildman–Crippen LogP) is 2.62. The van der Waals surface area contributed by atoms with Crippen molar-refractivity contribution in [3.05, 3.63) is 46.5 Å². The van der Waals surface area contributed by atoms with Gasteiger partial charge < -0.3 is 5.32 Å². The van der Waals surface area contributed by atoms with E-state index in [1.165, 1.54) is 6.07 Å². The third-order valence-electron chi connectivity index (χ3n) is 2.64. The molecule has 19 heavy (non-hydrogen) atoms. The average Bonchev–Trinajstić information content (AvgIpc) is 2.80. The van der Waals surface area contributed by atoms with Gasteiger partial charge in [0.2, 0.25) is 0 Å². The molecule has 4 nitrogen and oxygen atoms in total. The number of nitrogens with one attached hydrogen (secondary N) is 1. The zero-order valence-electron chi connectivity index (χ0n) is 10.9. The molecule has 0 saturated carbocycles. The van der Waals surface area contributed by atoms with E-state index in [4.69, 9.17) is 11.6 Å². The lowest BCUT2D eigenvalue weighted by Crippen LogP contribution is -2.21. The summed E-state index contributed by atoms with van der Waals surface area (Å²) in [6.07, 6.45) is 1.80. The molecule has 0 fully saturated rings. The van der Waals surface area contributed by atoms with E-state index >= 15 is 0 Å². The van der Waals surface area contributed by atoms with Crippen molar-refractivity contribution in [2.24, 2.45) is 0 Å². The highest BCUT2D eigenvalue weighted by atomic mass is 35.5. The van der Waals surface area contributed by atoms with Crippen LogP contribution in [-0.2, 0) is 13.1 Å². The van der Waals surface area contributed by atoms with E-state index in [0.717, 1.165) is 5.69 Å². The van der Waals surface area contributed by atoms with E-state index in [2.05, 4.69) is 29.5 Å². The highest BCUT2D eigenvalue weighted by Crippen LogP contribution is 2.18. The summed E-state index contributed by atoms with van der Waals surface area (Å²) in [5.74, 6) is -0.401. The molecule has 1 aromatic carbocycles. The molecule has 102 valence electrons. The van der Waals surface area contributed by atoms with Crippen LogP contribution in [0.5, 0.6) is 0 Å². The van der Waals surface area contributed by atoms with Gasteiger partial charge in [0.1, 0.15) is 5.82 Å². The molecule has 0 aliphatic carbocycles. The largest absolute Gasteiger partial charge is 0.309 e. The van der Waals surface area contributed by atoms with Crippen LogP contribution in [0.3, 0.4) is 0 Å². The van der Waals surface area contributed by atoms with Crippen LogP contribution in [0.25, 0.3) is 0 Å². The topological polar surface area (TPSA) is 42.7 Å². The third-order valence-corrected chi connectivity index (χ3v) is 2.93. The van der Waals surface area contributed by atoms with Crippen molar-refractivity contribution >= 4 is 11.6 Å². The summed E-state index contributed by atoms with van der Waals surface area (Å²) in [5.41, 5.74) is 1.33. The average molecular weight is 283 g/mol. The van der Waals surface area contributed by atoms with Crippen molar-refractivity contribution < 1.29 is 4.39 Å². The monoisotopic (exact) mass is 282 g/mol. The molecule has 0 amide bonds. The fraction of sp³-hybridized carbons (Fsp3) is 0.385. The molecule has 0 radical (unpaired) electrons. The first kappa shape index (κ1) is 14.0. The zero-order chi connectivity index (χ0) is 13.8. The van der Waals surface area contributed by atoms with Gasteiger partial charge in [-0.1, -0.05) is 42.8 Å². The summed E-state index contributed by atoms with van der Waals surface area (Å²) in [6.45, 7) is 5.09. The standard InChI is InChI=1S/C13H16ClFN4/c1-9(2)16-6-11-8-19(18-17-11)7-10-4-3-5-12(14)13(10)15/h3-5,8-9,16H,6-7H2,1-2H3. The van der Waals surface area contributed by atoms with Gasteiger partial charge in [0, 0.05) is 18.2 Å². The van der Waals surface area contributed by atoms with Crippen LogP contribution in [0.1, 0.15) is 25.1 Å². The van der Waals surface area contributed by atoms with Crippen molar-refractivity contribution in [1.29, 1.82) is 0 Å². The maximum atomic E-state index is 13.7. The number of halogens is 2. The number of nitrogens with zero attached hydrogens (tertiary/aromatic N) is 3. The summed E-state index contributed by atoms with van der Waals surface area (Å²) < 4.78 is 15.3. The summed E-state index contributed by atoms with van der Waals surface area (Å²) in [5, 5.41) is 11.4. The molecule has 0 bridgehead atoms. The number of rotatable bonds is 5. The van der Waals surface area contributed by atoms with Gasteiger partial charge in [-0.3, -0.25) is 0 Å². The SMILES string of the molecule is CC(C)NCc1cn(Cc2cccc(Cl)c2F)nn1. The van der Waals surface area contributed by atoms with Crippen LogP contribution < -0.4 is 5.32 Å². The summed E-state index contributed by atoms with van der Waals surface area (Å²) in [6, 6.07) is 5.32. The molecule has 1 aromatic heterocycles. The summed E-state index contributed by atoms with van der Waals surface area (Å²) in [4.78, 5) is 0. The lowest BCUT2D eigenvalue weighted by Gasteiger charge is -2.05. The van der Waals surface area contributed by atoms with Crippen LogP contribution in [0, 0.1) is 5.82 Å². The molecule has 0 atom stereocenters. The van der Waals surface area contributed by atoms with Crippen LogP contribution in [0.2, 0.25) is 5.02 Å². The Hall–Kier alpha value is -1.46. The Labute approximate surface area is 116 Å². The number of hydrogen-bond donors (Lipinski definition) is 1. The zero-order valence-corrected chi connectivity index (χ0v) is 11.7. The van der Waals surface area contributed by atoms with Crippen LogP contribution in [-0.4, -0.2) is 21.0 Å². The van der Waals surface area contributed by atoms with Crippen LogP contribution in [0.4, 0.5) is 4.39 Å². The molecule has 0 unspecified atom stereocenters. The Kier molecular flexibility index (Phi) is 4.50. The first-order valence-corrected chi connectivity index (χ1v) is 6.49. The van der Waals surface area contributed by atoms with E-state index in [-0.39, 0.29) is 5.02 Å². The lowest BCUT2D eigenvalue weighted by molar-refractivity contribution is 0.576. The van der Waals surface area contributed by atoms with E-state index < -0.39 is 5.82 Å². The Balaban J connectivity index is 2.05. The normalized spacial score (nSPS) is 11.2. The first-order chi connectivity index (χ1) is 9.06. The molecular formula is C13H16ClFN4. The molecule has 2 rings (SSSR count). The second kappa shape index (κ2) is 6.12. The fourth-order valence-corrected chi connectivity index (χ4v) is 1.84. The molecule has 1 N–H and O–H groups in total. The van der Waals surface area contributed by atoms with Gasteiger partial charge in [-0.2, -0.15) is 0 Å². The molecule has 0 saturated heterocycles. The van der Waals surface area contributed by atoms with Gasteiger partial charge in [-0.05, 0) is 6.07 Å². The molecule has 1 heterocycles. The molecule has 0 aliphatic rings. The second-order valence-electron chi connectivity index (χ2n) is 4.66. The van der Waals surface area contributed by atoms with Crippen LogP contribution in [0.15, 0.2) is 24.4 Å². The third kappa shape index (κ3) is 3.75. The van der Waals surface area contributed by atoms with E-state index in [9.17, 15) is 4.39 Å². The summed E-state index contributed by atoms with van der Waals surface area (Å²) >= 11 is 5.74. The Morgan fingerprint density at radius 1 is 1.42 bits per heavy atom. The van der Waals surface area contributed by atoms with Gasteiger partial charge in [-0.25, -0.2) is 9.07 Å².